The van der Waals surface area contributed by atoms with Crippen molar-refractivity contribution in [2.45, 2.75) is 46.6 Å². The van der Waals surface area contributed by atoms with Crippen molar-refractivity contribution < 1.29 is 19.0 Å². The van der Waals surface area contributed by atoms with E-state index in [-0.39, 0.29) is 12.4 Å². The zero-order valence-electron chi connectivity index (χ0n) is 22.1. The van der Waals surface area contributed by atoms with Crippen LogP contribution in [0, 0.1) is 18.2 Å². The summed E-state index contributed by atoms with van der Waals surface area (Å²) in [6, 6.07) is 9.87. The number of nitrogens with zero attached hydrogens (tertiary/aromatic N) is 3. The number of ether oxygens (including phenoxy) is 1. The lowest BCUT2D eigenvalue weighted by molar-refractivity contribution is -0.137. The van der Waals surface area contributed by atoms with Crippen LogP contribution in [0.1, 0.15) is 44.6 Å². The number of aromatic nitrogens is 3. The molecule has 8 nitrogen and oxygen atoms in total. The van der Waals surface area contributed by atoms with Crippen LogP contribution in [0.3, 0.4) is 0 Å². The molecule has 0 bridgehead atoms. The fourth-order valence-electron chi connectivity index (χ4n) is 4.68. The minimum Gasteiger partial charge on any atom is -0.480 e. The highest BCUT2D eigenvalue weighted by atomic mass is 19.1. The van der Waals surface area contributed by atoms with E-state index in [4.69, 9.17) is 15.9 Å². The molecule has 0 aliphatic rings. The van der Waals surface area contributed by atoms with Gasteiger partial charge in [-0.1, -0.05) is 27.7 Å². The van der Waals surface area contributed by atoms with Gasteiger partial charge < -0.3 is 25.6 Å². The lowest BCUT2D eigenvalue weighted by atomic mass is 9.85. The van der Waals surface area contributed by atoms with E-state index < -0.39 is 11.4 Å². The Morgan fingerprint density at radius 3 is 2.46 bits per heavy atom. The first kappa shape index (κ1) is 27.6. The average Bonchev–Trinajstić information content (AvgIpc) is 3.36. The number of methoxy groups -OCH3 is 1. The van der Waals surface area contributed by atoms with Crippen molar-refractivity contribution >= 4 is 28.8 Å². The number of benzene rings is 2. The van der Waals surface area contributed by atoms with Gasteiger partial charge in [-0.25, -0.2) is 4.39 Å². The lowest BCUT2D eigenvalue weighted by Gasteiger charge is -2.28. The van der Waals surface area contributed by atoms with Crippen LogP contribution in [-0.4, -0.2) is 45.4 Å². The number of rotatable bonds is 8. The third kappa shape index (κ3) is 5.27. The third-order valence-corrected chi connectivity index (χ3v) is 6.07. The van der Waals surface area contributed by atoms with Crippen LogP contribution in [0.25, 0.3) is 27.7 Å². The predicted molar refractivity (Wildman–Crippen MR) is 145 cm³/mol. The molecule has 0 spiro atoms. The molecule has 0 unspecified atom stereocenters. The molecule has 0 aliphatic heterocycles. The van der Waals surface area contributed by atoms with E-state index in [1.54, 1.807) is 25.4 Å². The van der Waals surface area contributed by atoms with E-state index in [0.29, 0.717) is 23.6 Å². The quantitative estimate of drug-likeness (QED) is 0.213. The Morgan fingerprint density at radius 2 is 1.89 bits per heavy atom. The van der Waals surface area contributed by atoms with Gasteiger partial charge in [-0.15, -0.1) is 0 Å². The molecule has 2 aromatic heterocycles. The van der Waals surface area contributed by atoms with Crippen LogP contribution in [0.5, 0.6) is 0 Å². The number of anilines is 1. The van der Waals surface area contributed by atoms with Crippen molar-refractivity contribution in [2.24, 2.45) is 0 Å². The molecule has 0 atom stereocenters. The second kappa shape index (κ2) is 11.0. The second-order valence-corrected chi connectivity index (χ2v) is 9.21. The normalized spacial score (nSPS) is 11.3. The zero-order valence-corrected chi connectivity index (χ0v) is 22.1. The number of carboxylic acids is 1. The standard InChI is InChI=1S/C26H28FN5O3.C2H6/c1-15-20(12-31(30-15)13-23(33)34)24-19-10-21(29)16(11-28)9-22(19)32(18-7-5-17(27)6-8-18)25(24)26(2,3)14-35-4;1-2/h5-12,28H,13-14,29H2,1-4H3,(H,33,34);1-2H3. The minimum atomic E-state index is -0.993. The largest absolute Gasteiger partial charge is 0.480 e. The van der Waals surface area contributed by atoms with Gasteiger partial charge in [-0.05, 0) is 43.3 Å². The summed E-state index contributed by atoms with van der Waals surface area (Å²) in [7, 11) is 1.63. The molecule has 0 fully saturated rings. The summed E-state index contributed by atoms with van der Waals surface area (Å²) in [6.45, 7) is 10.0. The Hall–Kier alpha value is -3.98. The van der Waals surface area contributed by atoms with Gasteiger partial charge in [0.1, 0.15) is 12.4 Å². The van der Waals surface area contributed by atoms with E-state index in [1.165, 1.54) is 23.0 Å². The molecule has 9 heteroatoms. The van der Waals surface area contributed by atoms with Gasteiger partial charge in [-0.3, -0.25) is 9.48 Å². The number of nitrogens with one attached hydrogen (secondary N) is 1. The second-order valence-electron chi connectivity index (χ2n) is 9.21. The number of aliphatic carboxylic acids is 1. The molecular formula is C28H34FN5O3. The smallest absolute Gasteiger partial charge is 0.325 e. The van der Waals surface area contributed by atoms with Gasteiger partial charge >= 0.3 is 5.97 Å². The number of carbonyl (C=O) groups is 1. The lowest BCUT2D eigenvalue weighted by Crippen LogP contribution is -2.27. The molecule has 0 aliphatic carbocycles. The molecule has 4 aromatic rings. The topological polar surface area (TPSA) is 119 Å². The highest BCUT2D eigenvalue weighted by Gasteiger charge is 2.33. The Labute approximate surface area is 216 Å². The summed E-state index contributed by atoms with van der Waals surface area (Å²) >= 11 is 0. The fraction of sp³-hybridized carbons (Fsp3) is 0.321. The molecule has 2 heterocycles. The summed E-state index contributed by atoms with van der Waals surface area (Å²) in [4.78, 5) is 11.3. The molecule has 4 rings (SSSR count). The van der Waals surface area contributed by atoms with E-state index >= 15 is 0 Å². The number of halogens is 1. The molecule has 0 amide bonds. The van der Waals surface area contributed by atoms with E-state index in [0.717, 1.165) is 33.4 Å². The number of aryl methyl sites for hydroxylation is 1. The molecule has 0 radical (unpaired) electrons. The molecule has 196 valence electrons. The van der Waals surface area contributed by atoms with Crippen molar-refractivity contribution in [3.63, 3.8) is 0 Å². The summed E-state index contributed by atoms with van der Waals surface area (Å²) < 4.78 is 22.9. The number of fused-ring (bicyclic) bond motifs is 1. The summed E-state index contributed by atoms with van der Waals surface area (Å²) in [5, 5.41) is 22.4. The zero-order chi connectivity index (χ0) is 27.5. The maximum Gasteiger partial charge on any atom is 0.325 e. The first-order chi connectivity index (χ1) is 17.6. The maximum atomic E-state index is 13.8. The van der Waals surface area contributed by atoms with Crippen LogP contribution in [0.15, 0.2) is 42.6 Å². The summed E-state index contributed by atoms with van der Waals surface area (Å²) in [5.41, 5.74) is 11.4. The molecule has 2 aromatic carbocycles. The molecule has 0 saturated heterocycles. The number of hydrogen-bond acceptors (Lipinski definition) is 5. The van der Waals surface area contributed by atoms with Crippen molar-refractivity contribution in [3.05, 3.63) is 65.4 Å². The SMILES string of the molecule is CC.COCC(C)(C)c1c(-c2cn(CC(=O)O)nc2C)c2cc(N)c(C=N)cc2n1-c1ccc(F)cc1. The maximum absolute atomic E-state index is 13.8. The Balaban J connectivity index is 0.00000186. The molecular weight excluding hydrogens is 473 g/mol. The van der Waals surface area contributed by atoms with Crippen LogP contribution >= 0.6 is 0 Å². The van der Waals surface area contributed by atoms with Crippen LogP contribution < -0.4 is 5.73 Å². The number of carboxylic acid groups (broad SMARTS) is 1. The van der Waals surface area contributed by atoms with Crippen molar-refractivity contribution in [1.29, 1.82) is 5.41 Å². The van der Waals surface area contributed by atoms with Crippen LogP contribution in [0.4, 0.5) is 10.1 Å². The minimum absolute atomic E-state index is 0.270. The fourth-order valence-corrected chi connectivity index (χ4v) is 4.68. The number of nitrogens with two attached hydrogens (primary N) is 1. The van der Waals surface area contributed by atoms with Gasteiger partial charge in [-0.2, -0.15) is 5.10 Å². The van der Waals surface area contributed by atoms with Gasteiger partial charge in [0.25, 0.3) is 0 Å². The Bertz CT molecular complexity index is 1430. The summed E-state index contributed by atoms with van der Waals surface area (Å²) in [5.74, 6) is -1.34. The summed E-state index contributed by atoms with van der Waals surface area (Å²) in [6.07, 6.45) is 2.92. The van der Waals surface area contributed by atoms with Crippen LogP contribution in [0.2, 0.25) is 0 Å². The molecule has 0 saturated carbocycles. The van der Waals surface area contributed by atoms with Crippen molar-refractivity contribution in [3.8, 4) is 16.8 Å². The van der Waals surface area contributed by atoms with E-state index in [2.05, 4.69) is 5.10 Å². The molecule has 37 heavy (non-hydrogen) atoms. The van der Waals surface area contributed by atoms with E-state index in [9.17, 15) is 14.3 Å². The third-order valence-electron chi connectivity index (χ3n) is 6.07. The van der Waals surface area contributed by atoms with Gasteiger partial charge in [0.15, 0.2) is 0 Å². The highest BCUT2D eigenvalue weighted by Crippen LogP contribution is 2.45. The predicted octanol–water partition coefficient (Wildman–Crippen LogP) is 5.56. The van der Waals surface area contributed by atoms with Gasteiger partial charge in [0, 0.05) is 64.1 Å². The highest BCUT2D eigenvalue weighted by molar-refractivity contribution is 6.05. The number of nitrogen functional groups attached to an aromatic ring is 1. The average molecular weight is 508 g/mol. The van der Waals surface area contributed by atoms with Crippen LogP contribution in [-0.2, 0) is 21.5 Å². The first-order valence-electron chi connectivity index (χ1n) is 12.1. The van der Waals surface area contributed by atoms with E-state index in [1.807, 2.05) is 51.3 Å². The monoisotopic (exact) mass is 507 g/mol. The molecule has 4 N–H and O–H groups in total. The Kier molecular flexibility index (Phi) is 8.18. The van der Waals surface area contributed by atoms with Crippen molar-refractivity contribution in [1.82, 2.24) is 14.3 Å². The first-order valence-corrected chi connectivity index (χ1v) is 12.1. The van der Waals surface area contributed by atoms with Gasteiger partial charge in [0.05, 0.1) is 17.8 Å². The number of hydrogen-bond donors (Lipinski definition) is 3. The Morgan fingerprint density at radius 1 is 1.24 bits per heavy atom. The van der Waals surface area contributed by atoms with Gasteiger partial charge in [0.2, 0.25) is 0 Å². The van der Waals surface area contributed by atoms with Crippen molar-refractivity contribution in [2.75, 3.05) is 19.5 Å².